The number of hydrogen-bond donors (Lipinski definition) is 1. The first-order chi connectivity index (χ1) is 18.2. The predicted octanol–water partition coefficient (Wildman–Crippen LogP) is 4.33. The maximum Gasteiger partial charge on any atom is 0.269 e. The van der Waals surface area contributed by atoms with Crippen molar-refractivity contribution in [2.24, 2.45) is 0 Å². The van der Waals surface area contributed by atoms with E-state index in [1.807, 2.05) is 41.8 Å². The highest BCUT2D eigenvalue weighted by molar-refractivity contribution is 5.76. The van der Waals surface area contributed by atoms with Gasteiger partial charge in [-0.15, -0.1) is 0 Å². The van der Waals surface area contributed by atoms with Crippen LogP contribution in [-0.2, 0) is 9.59 Å². The summed E-state index contributed by atoms with van der Waals surface area (Å²) in [6, 6.07) is 10.3. The molecule has 2 fully saturated rings. The molecular weight excluding hydrogens is 488 g/mol. The summed E-state index contributed by atoms with van der Waals surface area (Å²) < 4.78 is 10.7. The number of methoxy groups -OCH3 is 2. The van der Waals surface area contributed by atoms with Crippen LogP contribution in [0.3, 0.4) is 0 Å². The van der Waals surface area contributed by atoms with E-state index < -0.39 is 4.92 Å². The fourth-order valence-electron chi connectivity index (χ4n) is 5.15. The number of anilines is 1. The second-order valence-electron chi connectivity index (χ2n) is 9.54. The van der Waals surface area contributed by atoms with Gasteiger partial charge in [0.15, 0.2) is 0 Å². The van der Waals surface area contributed by atoms with E-state index in [9.17, 15) is 19.7 Å². The lowest BCUT2D eigenvalue weighted by Gasteiger charge is -2.17. The molecule has 2 atom stereocenters. The number of likely N-dealkylation sites (tertiary alicyclic amines) is 2. The summed E-state index contributed by atoms with van der Waals surface area (Å²) in [5.41, 5.74) is 8.56. The van der Waals surface area contributed by atoms with Crippen LogP contribution in [0.25, 0.3) is 0 Å². The van der Waals surface area contributed by atoms with Gasteiger partial charge in [0.25, 0.3) is 5.69 Å². The van der Waals surface area contributed by atoms with Gasteiger partial charge in [-0.05, 0) is 37.1 Å². The Morgan fingerprint density at radius 2 is 1.37 bits per heavy atom. The Morgan fingerprint density at radius 3 is 1.82 bits per heavy atom. The van der Waals surface area contributed by atoms with Crippen LogP contribution in [0.2, 0.25) is 0 Å². The number of hydrogen-bond acceptors (Lipinski definition) is 7. The maximum atomic E-state index is 11.7. The van der Waals surface area contributed by atoms with Crippen molar-refractivity contribution in [3.05, 3.63) is 57.6 Å². The normalized spacial score (nSPS) is 18.5. The van der Waals surface area contributed by atoms with Crippen molar-refractivity contribution >= 4 is 23.2 Å². The quantitative estimate of drug-likeness (QED) is 0.323. The van der Waals surface area contributed by atoms with Crippen molar-refractivity contribution in [2.75, 3.05) is 46.1 Å². The van der Waals surface area contributed by atoms with E-state index >= 15 is 0 Å². The molecule has 2 heterocycles. The van der Waals surface area contributed by atoms with Crippen LogP contribution < -0.4 is 15.2 Å². The summed E-state index contributed by atoms with van der Waals surface area (Å²) in [6.07, 6.45) is 2.84. The summed E-state index contributed by atoms with van der Waals surface area (Å²) in [4.78, 5) is 37.6. The molecular formula is C28H38N4O6. The van der Waals surface area contributed by atoms with Gasteiger partial charge >= 0.3 is 0 Å². The number of nitrogens with two attached hydrogens (primary N) is 1. The lowest BCUT2D eigenvalue weighted by atomic mass is 9.97. The summed E-state index contributed by atoms with van der Waals surface area (Å²) in [5, 5.41) is 10.9. The molecule has 206 valence electrons. The third kappa shape index (κ3) is 6.73. The van der Waals surface area contributed by atoms with Crippen LogP contribution in [0.1, 0.15) is 62.5 Å². The largest absolute Gasteiger partial charge is 0.496 e. The summed E-state index contributed by atoms with van der Waals surface area (Å²) in [5.74, 6) is 2.28. The molecule has 10 heteroatoms. The molecule has 0 bridgehead atoms. The number of rotatable bonds is 7. The van der Waals surface area contributed by atoms with Gasteiger partial charge in [0.2, 0.25) is 11.8 Å². The molecule has 10 nitrogen and oxygen atoms in total. The highest BCUT2D eigenvalue weighted by atomic mass is 16.6. The Labute approximate surface area is 223 Å². The molecule has 0 radical (unpaired) electrons. The Kier molecular flexibility index (Phi) is 9.92. The number of nitro benzene ring substituents is 1. The molecule has 2 aromatic rings. The first-order valence-corrected chi connectivity index (χ1v) is 13.0. The van der Waals surface area contributed by atoms with Crippen LogP contribution in [0, 0.1) is 10.1 Å². The van der Waals surface area contributed by atoms with Gasteiger partial charge in [0, 0.05) is 79.8 Å². The van der Waals surface area contributed by atoms with Crippen LogP contribution in [0.5, 0.6) is 11.5 Å². The first-order valence-electron chi connectivity index (χ1n) is 13.0. The highest BCUT2D eigenvalue weighted by Crippen LogP contribution is 2.36. The zero-order valence-electron chi connectivity index (χ0n) is 22.6. The summed E-state index contributed by atoms with van der Waals surface area (Å²) in [7, 11) is 3.22. The number of amides is 2. The zero-order valence-corrected chi connectivity index (χ0v) is 22.6. The number of non-ortho nitro benzene ring substituents is 1. The Bertz CT molecular complexity index is 1150. The number of nitrogens with zero attached hydrogens (tertiary/aromatic N) is 3. The molecule has 2 saturated heterocycles. The molecule has 38 heavy (non-hydrogen) atoms. The molecule has 2 unspecified atom stereocenters. The average molecular weight is 527 g/mol. The molecule has 4 rings (SSSR count). The van der Waals surface area contributed by atoms with E-state index in [4.69, 9.17) is 15.2 Å². The summed E-state index contributed by atoms with van der Waals surface area (Å²) in [6.45, 7) is 6.63. The third-order valence-electron chi connectivity index (χ3n) is 7.24. The lowest BCUT2D eigenvalue weighted by Crippen LogP contribution is -2.27. The third-order valence-corrected chi connectivity index (χ3v) is 7.24. The molecule has 0 aromatic heterocycles. The van der Waals surface area contributed by atoms with Gasteiger partial charge in [-0.2, -0.15) is 0 Å². The average Bonchev–Trinajstić information content (AvgIpc) is 3.63. The van der Waals surface area contributed by atoms with E-state index in [0.717, 1.165) is 48.5 Å². The van der Waals surface area contributed by atoms with Crippen LogP contribution >= 0.6 is 0 Å². The smallest absolute Gasteiger partial charge is 0.269 e. The molecule has 2 aliphatic rings. The lowest BCUT2D eigenvalue weighted by molar-refractivity contribution is -0.385. The molecule has 2 aromatic carbocycles. The van der Waals surface area contributed by atoms with Crippen LogP contribution in [0.15, 0.2) is 36.4 Å². The minimum Gasteiger partial charge on any atom is -0.496 e. The van der Waals surface area contributed by atoms with Crippen LogP contribution in [-0.4, -0.2) is 66.9 Å². The minimum atomic E-state index is -0.410. The van der Waals surface area contributed by atoms with Crippen molar-refractivity contribution < 1.29 is 24.0 Å². The second kappa shape index (κ2) is 13.1. The molecule has 0 spiro atoms. The van der Waals surface area contributed by atoms with Crippen molar-refractivity contribution in [3.63, 3.8) is 0 Å². The molecule has 2 N–H and O–H groups in total. The van der Waals surface area contributed by atoms with Gasteiger partial charge in [-0.3, -0.25) is 19.7 Å². The van der Waals surface area contributed by atoms with Gasteiger partial charge in [-0.25, -0.2) is 0 Å². The number of benzene rings is 2. The molecule has 0 aliphatic carbocycles. The van der Waals surface area contributed by atoms with Gasteiger partial charge in [0.1, 0.15) is 11.5 Å². The first kappa shape index (κ1) is 28.7. The van der Waals surface area contributed by atoms with Gasteiger partial charge < -0.3 is 25.0 Å². The van der Waals surface area contributed by atoms with Gasteiger partial charge in [-0.1, -0.05) is 13.8 Å². The second-order valence-corrected chi connectivity index (χ2v) is 9.54. The van der Waals surface area contributed by atoms with E-state index in [1.165, 1.54) is 6.07 Å². The Morgan fingerprint density at radius 1 is 0.895 bits per heavy atom. The standard InChI is InChI=1S/C14H18N2O4.C14H20N2O2/c1-3-14(17)15-7-6-10(9-15)12-8-11(16(18)19)4-5-13(12)20-2;1-3-14(17)16-7-6-10(9-16)12-8-11(15)4-5-13(12)18-2/h4-5,8,10H,3,6-7,9H2,1-2H3;4-5,8,10H,3,6-7,9,15H2,1-2H3. The van der Waals surface area contributed by atoms with E-state index in [2.05, 4.69) is 0 Å². The SMILES string of the molecule is CCC(=O)N1CCC(c2cc(N)ccc2OC)C1.CCC(=O)N1CCC(c2cc([N+](=O)[O-])ccc2OC)C1. The number of carbonyl (C=O) groups is 2. The van der Waals surface area contributed by atoms with Crippen molar-refractivity contribution in [3.8, 4) is 11.5 Å². The monoisotopic (exact) mass is 526 g/mol. The topological polar surface area (TPSA) is 128 Å². The number of nitrogen functional groups attached to an aromatic ring is 1. The van der Waals surface area contributed by atoms with Crippen molar-refractivity contribution in [1.29, 1.82) is 0 Å². The Balaban J connectivity index is 0.000000212. The number of carbonyl (C=O) groups excluding carboxylic acids is 2. The maximum absolute atomic E-state index is 11.7. The predicted molar refractivity (Wildman–Crippen MR) is 146 cm³/mol. The minimum absolute atomic E-state index is 0.0565. The molecule has 2 aliphatic heterocycles. The van der Waals surface area contributed by atoms with Crippen molar-refractivity contribution in [2.45, 2.75) is 51.4 Å². The molecule has 2 amide bonds. The van der Waals surface area contributed by atoms with E-state index in [1.54, 1.807) is 26.4 Å². The van der Waals surface area contributed by atoms with Gasteiger partial charge in [0.05, 0.1) is 19.1 Å². The fourth-order valence-corrected chi connectivity index (χ4v) is 5.15. The highest BCUT2D eigenvalue weighted by Gasteiger charge is 2.30. The zero-order chi connectivity index (χ0) is 27.8. The van der Waals surface area contributed by atoms with Crippen LogP contribution in [0.4, 0.5) is 11.4 Å². The van der Waals surface area contributed by atoms with Crippen molar-refractivity contribution in [1.82, 2.24) is 9.80 Å². The summed E-state index contributed by atoms with van der Waals surface area (Å²) >= 11 is 0. The number of nitro groups is 1. The number of ether oxygens (including phenoxy) is 2. The fraction of sp³-hybridized carbons (Fsp3) is 0.500. The van der Waals surface area contributed by atoms with E-state index in [0.29, 0.717) is 37.6 Å². The van der Waals surface area contributed by atoms with E-state index in [-0.39, 0.29) is 23.4 Å². The molecule has 0 saturated carbocycles. The Hall–Kier alpha value is -3.82.